The van der Waals surface area contributed by atoms with Gasteiger partial charge >= 0.3 is 0 Å². The summed E-state index contributed by atoms with van der Waals surface area (Å²) in [6, 6.07) is 6.55. The Labute approximate surface area is 137 Å². The molecule has 0 aromatic heterocycles. The Hall–Kier alpha value is -2.09. The monoisotopic (exact) mass is 341 g/mol. The Morgan fingerprint density at radius 1 is 1.26 bits per heavy atom. The van der Waals surface area contributed by atoms with Crippen molar-refractivity contribution in [3.8, 4) is 0 Å². The molecule has 0 saturated carbocycles. The van der Waals surface area contributed by atoms with Crippen LogP contribution in [0.5, 0.6) is 0 Å². The van der Waals surface area contributed by atoms with Crippen molar-refractivity contribution in [1.82, 2.24) is 5.32 Å². The van der Waals surface area contributed by atoms with Gasteiger partial charge in [0.15, 0.2) is 0 Å². The van der Waals surface area contributed by atoms with Crippen LogP contribution in [-0.2, 0) is 19.6 Å². The number of hydrogen-bond donors (Lipinski definition) is 2. The molecule has 0 aliphatic heterocycles. The van der Waals surface area contributed by atoms with E-state index >= 15 is 0 Å². The normalized spacial score (nSPS) is 10.9. The van der Waals surface area contributed by atoms with E-state index < -0.39 is 10.0 Å². The second-order valence-corrected chi connectivity index (χ2v) is 7.07. The van der Waals surface area contributed by atoms with Crippen LogP contribution in [0.15, 0.2) is 24.3 Å². The Morgan fingerprint density at radius 3 is 2.52 bits per heavy atom. The second-order valence-electron chi connectivity index (χ2n) is 5.17. The van der Waals surface area contributed by atoms with Gasteiger partial charge in [-0.15, -0.1) is 0 Å². The van der Waals surface area contributed by atoms with Gasteiger partial charge in [-0.05, 0) is 24.6 Å². The summed E-state index contributed by atoms with van der Waals surface area (Å²) in [5.41, 5.74) is 0.946. The van der Waals surface area contributed by atoms with Gasteiger partial charge in [0, 0.05) is 25.6 Å². The number of nitrogens with one attached hydrogen (secondary N) is 2. The zero-order valence-electron chi connectivity index (χ0n) is 13.6. The highest BCUT2D eigenvalue weighted by atomic mass is 32.2. The number of benzene rings is 1. The van der Waals surface area contributed by atoms with Crippen molar-refractivity contribution in [2.75, 3.05) is 29.0 Å². The highest BCUT2D eigenvalue weighted by Gasteiger charge is 2.17. The highest BCUT2D eigenvalue weighted by molar-refractivity contribution is 7.92. The van der Waals surface area contributed by atoms with Crippen molar-refractivity contribution < 1.29 is 18.0 Å². The smallest absolute Gasteiger partial charge is 0.232 e. The van der Waals surface area contributed by atoms with Gasteiger partial charge in [-0.1, -0.05) is 13.0 Å². The lowest BCUT2D eigenvalue weighted by Gasteiger charge is -2.23. The molecule has 7 nitrogen and oxygen atoms in total. The molecule has 0 aliphatic rings. The van der Waals surface area contributed by atoms with Crippen LogP contribution in [0, 0.1) is 0 Å². The van der Waals surface area contributed by atoms with Crippen LogP contribution in [0.2, 0.25) is 0 Å². The molecule has 0 fully saturated rings. The third kappa shape index (κ3) is 6.68. The summed E-state index contributed by atoms with van der Waals surface area (Å²) in [6.45, 7) is 3.62. The third-order valence-electron chi connectivity index (χ3n) is 2.97. The summed E-state index contributed by atoms with van der Waals surface area (Å²) in [7, 11) is -3.50. The minimum absolute atomic E-state index is 0.104. The van der Waals surface area contributed by atoms with Crippen molar-refractivity contribution in [3.05, 3.63) is 24.3 Å². The molecule has 0 heterocycles. The van der Waals surface area contributed by atoms with E-state index in [4.69, 9.17) is 0 Å². The quantitative estimate of drug-likeness (QED) is 0.745. The Morgan fingerprint density at radius 2 is 1.96 bits per heavy atom. The maximum atomic E-state index is 12.0. The zero-order valence-corrected chi connectivity index (χ0v) is 14.4. The Bertz CT molecular complexity index is 658. The van der Waals surface area contributed by atoms with E-state index in [1.807, 2.05) is 6.92 Å². The zero-order chi connectivity index (χ0) is 17.5. The minimum atomic E-state index is -3.50. The predicted octanol–water partition coefficient (Wildman–Crippen LogP) is 1.33. The van der Waals surface area contributed by atoms with Crippen molar-refractivity contribution in [2.24, 2.45) is 0 Å². The number of sulfonamides is 1. The summed E-state index contributed by atoms with van der Waals surface area (Å²) < 4.78 is 25.2. The minimum Gasteiger partial charge on any atom is -0.354 e. The van der Waals surface area contributed by atoms with Gasteiger partial charge < -0.3 is 10.6 Å². The maximum absolute atomic E-state index is 12.0. The molecular formula is C15H23N3O4S. The van der Waals surface area contributed by atoms with E-state index in [9.17, 15) is 18.0 Å². The van der Waals surface area contributed by atoms with E-state index in [-0.39, 0.29) is 24.9 Å². The molecular weight excluding hydrogens is 318 g/mol. The van der Waals surface area contributed by atoms with E-state index in [0.717, 1.165) is 12.7 Å². The molecule has 23 heavy (non-hydrogen) atoms. The summed E-state index contributed by atoms with van der Waals surface area (Å²) in [4.78, 5) is 22.6. The van der Waals surface area contributed by atoms with E-state index in [2.05, 4.69) is 10.6 Å². The molecule has 1 aromatic rings. The van der Waals surface area contributed by atoms with Crippen molar-refractivity contribution in [3.63, 3.8) is 0 Å². The van der Waals surface area contributed by atoms with Crippen LogP contribution in [0.1, 0.15) is 26.7 Å². The average Bonchev–Trinajstić information content (AvgIpc) is 2.42. The van der Waals surface area contributed by atoms with Crippen LogP contribution in [0.25, 0.3) is 0 Å². The number of amides is 2. The molecule has 2 N–H and O–H groups in total. The van der Waals surface area contributed by atoms with Gasteiger partial charge in [0.05, 0.1) is 18.5 Å². The van der Waals surface area contributed by atoms with Crippen LogP contribution in [0.3, 0.4) is 0 Å². The molecule has 1 aromatic carbocycles. The lowest BCUT2D eigenvalue weighted by Crippen LogP contribution is -2.38. The molecule has 0 bridgehead atoms. The number of anilines is 2. The summed E-state index contributed by atoms with van der Waals surface area (Å²) in [5.74, 6) is -0.340. The SMILES string of the molecule is CCCC(=O)NCCN(c1cccc(NC(C)=O)c1)S(C)(=O)=O. The number of hydrogen-bond acceptors (Lipinski definition) is 4. The van der Waals surface area contributed by atoms with Crippen LogP contribution < -0.4 is 14.9 Å². The van der Waals surface area contributed by atoms with Gasteiger partial charge in [0.2, 0.25) is 21.8 Å². The molecule has 0 radical (unpaired) electrons. The number of rotatable bonds is 8. The first-order valence-electron chi connectivity index (χ1n) is 7.36. The van der Waals surface area contributed by atoms with Crippen LogP contribution >= 0.6 is 0 Å². The number of carbonyl (C=O) groups is 2. The molecule has 128 valence electrons. The topological polar surface area (TPSA) is 95.6 Å². The average molecular weight is 341 g/mol. The molecule has 0 saturated heterocycles. The third-order valence-corrected chi connectivity index (χ3v) is 4.16. The summed E-state index contributed by atoms with van der Waals surface area (Å²) in [5, 5.41) is 5.30. The van der Waals surface area contributed by atoms with Crippen molar-refractivity contribution in [1.29, 1.82) is 0 Å². The fourth-order valence-corrected chi connectivity index (χ4v) is 2.96. The van der Waals surface area contributed by atoms with Crippen molar-refractivity contribution in [2.45, 2.75) is 26.7 Å². The summed E-state index contributed by atoms with van der Waals surface area (Å²) >= 11 is 0. The van der Waals surface area contributed by atoms with E-state index in [1.165, 1.54) is 11.2 Å². The highest BCUT2D eigenvalue weighted by Crippen LogP contribution is 2.21. The lowest BCUT2D eigenvalue weighted by atomic mass is 10.2. The largest absolute Gasteiger partial charge is 0.354 e. The van der Waals surface area contributed by atoms with Gasteiger partial charge in [-0.3, -0.25) is 13.9 Å². The van der Waals surface area contributed by atoms with Crippen LogP contribution in [0.4, 0.5) is 11.4 Å². The first-order chi connectivity index (χ1) is 10.7. The second kappa shape index (κ2) is 8.52. The lowest BCUT2D eigenvalue weighted by molar-refractivity contribution is -0.121. The van der Waals surface area contributed by atoms with Crippen LogP contribution in [-0.4, -0.2) is 39.6 Å². The van der Waals surface area contributed by atoms with Gasteiger partial charge in [0.1, 0.15) is 0 Å². The van der Waals surface area contributed by atoms with Crippen molar-refractivity contribution >= 4 is 33.2 Å². The first kappa shape index (κ1) is 19.0. The molecule has 0 unspecified atom stereocenters. The molecule has 0 aliphatic carbocycles. The molecule has 0 atom stereocenters. The molecule has 0 spiro atoms. The Balaban J connectivity index is 2.87. The fourth-order valence-electron chi connectivity index (χ4n) is 2.04. The maximum Gasteiger partial charge on any atom is 0.232 e. The van der Waals surface area contributed by atoms with Gasteiger partial charge in [-0.2, -0.15) is 0 Å². The van der Waals surface area contributed by atoms with E-state index in [1.54, 1.807) is 24.3 Å². The number of nitrogens with zero attached hydrogens (tertiary/aromatic N) is 1. The molecule has 2 amide bonds. The Kier molecular flexibility index (Phi) is 7.02. The molecule has 1 rings (SSSR count). The fraction of sp³-hybridized carbons (Fsp3) is 0.467. The predicted molar refractivity (Wildman–Crippen MR) is 90.9 cm³/mol. The van der Waals surface area contributed by atoms with Gasteiger partial charge in [0.25, 0.3) is 0 Å². The number of carbonyl (C=O) groups excluding carboxylic acids is 2. The first-order valence-corrected chi connectivity index (χ1v) is 9.21. The van der Waals surface area contributed by atoms with Gasteiger partial charge in [-0.25, -0.2) is 8.42 Å². The standard InChI is InChI=1S/C15H23N3O4S/c1-4-6-15(20)16-9-10-18(23(3,21)22)14-8-5-7-13(11-14)17-12(2)19/h5,7-8,11H,4,6,9-10H2,1-3H3,(H,16,20)(H,17,19). The summed E-state index contributed by atoms with van der Waals surface area (Å²) in [6.07, 6.45) is 2.25. The van der Waals surface area contributed by atoms with E-state index in [0.29, 0.717) is 17.8 Å². The molecule has 8 heteroatoms.